The lowest BCUT2D eigenvalue weighted by atomic mass is 10.2. The van der Waals surface area contributed by atoms with Crippen molar-refractivity contribution in [3.05, 3.63) is 35.9 Å². The molecule has 2 rings (SSSR count). The first-order valence-corrected chi connectivity index (χ1v) is 6.66. The molecule has 1 amide bonds. The van der Waals surface area contributed by atoms with E-state index < -0.39 is 0 Å². The normalized spacial score (nSPS) is 10.4. The molecule has 1 aromatic carbocycles. The maximum atomic E-state index is 10.8. The molecular formula is C15H16N4O4. The van der Waals surface area contributed by atoms with Gasteiger partial charge in [0, 0.05) is 12.5 Å². The second-order valence-electron chi connectivity index (χ2n) is 4.30. The van der Waals surface area contributed by atoms with Gasteiger partial charge in [-0.3, -0.25) is 4.79 Å². The van der Waals surface area contributed by atoms with Gasteiger partial charge in [0.25, 0.3) is 0 Å². The van der Waals surface area contributed by atoms with Crippen LogP contribution in [0.2, 0.25) is 0 Å². The standard InChI is InChI=1S/C15H16N4O4/c1-10(20)19-16-9-11-6-4-5-7-12(11)23-15-17-13(21-2)8-14(18-15)22-3/h4-9H,1-3H3,(H,19,20)/b16-9+. The second-order valence-corrected chi connectivity index (χ2v) is 4.30. The Hall–Kier alpha value is -3.16. The van der Waals surface area contributed by atoms with Crippen LogP contribution in [0.4, 0.5) is 0 Å². The van der Waals surface area contributed by atoms with Crippen LogP contribution in [0.1, 0.15) is 12.5 Å². The second kappa shape index (κ2) is 7.74. The van der Waals surface area contributed by atoms with Crippen molar-refractivity contribution < 1.29 is 19.0 Å². The topological polar surface area (TPSA) is 94.9 Å². The van der Waals surface area contributed by atoms with Crippen LogP contribution in [-0.2, 0) is 4.79 Å². The lowest BCUT2D eigenvalue weighted by Crippen LogP contribution is -2.12. The summed E-state index contributed by atoms with van der Waals surface area (Å²) < 4.78 is 15.8. The average Bonchev–Trinajstić information content (AvgIpc) is 2.55. The highest BCUT2D eigenvalue weighted by molar-refractivity contribution is 5.84. The number of rotatable bonds is 6. The average molecular weight is 316 g/mol. The van der Waals surface area contributed by atoms with E-state index in [-0.39, 0.29) is 11.9 Å². The molecule has 23 heavy (non-hydrogen) atoms. The van der Waals surface area contributed by atoms with E-state index in [0.717, 1.165) is 0 Å². The predicted molar refractivity (Wildman–Crippen MR) is 83.1 cm³/mol. The van der Waals surface area contributed by atoms with E-state index in [0.29, 0.717) is 23.1 Å². The fraction of sp³-hybridized carbons (Fsp3) is 0.200. The number of methoxy groups -OCH3 is 2. The van der Waals surface area contributed by atoms with Crippen LogP contribution in [0.25, 0.3) is 0 Å². The van der Waals surface area contributed by atoms with Gasteiger partial charge < -0.3 is 14.2 Å². The van der Waals surface area contributed by atoms with Crippen LogP contribution in [-0.4, -0.2) is 36.3 Å². The number of nitrogens with one attached hydrogen (secondary N) is 1. The Labute approximate surface area is 133 Å². The number of carbonyl (C=O) groups is 1. The molecule has 0 bridgehead atoms. The Balaban J connectivity index is 2.26. The minimum atomic E-state index is -0.263. The van der Waals surface area contributed by atoms with Crippen molar-refractivity contribution in [1.82, 2.24) is 15.4 Å². The first-order valence-electron chi connectivity index (χ1n) is 6.66. The van der Waals surface area contributed by atoms with E-state index in [1.165, 1.54) is 33.4 Å². The summed E-state index contributed by atoms with van der Waals surface area (Å²) in [5.41, 5.74) is 2.97. The number of nitrogens with zero attached hydrogens (tertiary/aromatic N) is 3. The molecule has 0 spiro atoms. The summed E-state index contributed by atoms with van der Waals surface area (Å²) in [5, 5.41) is 3.82. The van der Waals surface area contributed by atoms with Gasteiger partial charge in [0.05, 0.1) is 26.5 Å². The van der Waals surface area contributed by atoms with Gasteiger partial charge in [-0.15, -0.1) is 0 Å². The smallest absolute Gasteiger partial charge is 0.328 e. The molecule has 0 saturated heterocycles. The van der Waals surface area contributed by atoms with Crippen molar-refractivity contribution >= 4 is 12.1 Å². The first kappa shape index (κ1) is 16.2. The summed E-state index contributed by atoms with van der Waals surface area (Å²) in [6, 6.07) is 8.72. The van der Waals surface area contributed by atoms with Crippen LogP contribution < -0.4 is 19.6 Å². The number of aromatic nitrogens is 2. The van der Waals surface area contributed by atoms with Crippen molar-refractivity contribution in [1.29, 1.82) is 0 Å². The molecule has 2 aromatic rings. The monoisotopic (exact) mass is 316 g/mol. The van der Waals surface area contributed by atoms with E-state index in [1.54, 1.807) is 18.2 Å². The van der Waals surface area contributed by atoms with Gasteiger partial charge in [0.15, 0.2) is 0 Å². The van der Waals surface area contributed by atoms with Crippen LogP contribution in [0.3, 0.4) is 0 Å². The highest BCUT2D eigenvalue weighted by Gasteiger charge is 2.09. The third kappa shape index (κ3) is 4.67. The SMILES string of the molecule is COc1cc(OC)nc(Oc2ccccc2/C=N/NC(C)=O)n1. The quantitative estimate of drug-likeness (QED) is 0.644. The number of hydrogen-bond acceptors (Lipinski definition) is 7. The zero-order valence-corrected chi connectivity index (χ0v) is 12.9. The molecule has 0 saturated carbocycles. The lowest BCUT2D eigenvalue weighted by molar-refractivity contribution is -0.118. The van der Waals surface area contributed by atoms with Crippen molar-refractivity contribution in [2.45, 2.75) is 6.92 Å². The Kier molecular flexibility index (Phi) is 5.45. The van der Waals surface area contributed by atoms with Crippen molar-refractivity contribution in [2.24, 2.45) is 5.10 Å². The van der Waals surface area contributed by atoms with E-state index in [1.807, 2.05) is 6.07 Å². The first-order chi connectivity index (χ1) is 11.1. The van der Waals surface area contributed by atoms with E-state index in [2.05, 4.69) is 20.5 Å². The molecule has 0 fully saturated rings. The fourth-order valence-corrected chi connectivity index (χ4v) is 1.61. The largest absolute Gasteiger partial charge is 0.481 e. The molecule has 1 aromatic heterocycles. The maximum Gasteiger partial charge on any atom is 0.328 e. The summed E-state index contributed by atoms with van der Waals surface area (Å²) in [5.74, 6) is 0.838. The van der Waals surface area contributed by atoms with Gasteiger partial charge in [0.2, 0.25) is 17.7 Å². The summed E-state index contributed by atoms with van der Waals surface area (Å²) in [6.07, 6.45) is 1.47. The Morgan fingerprint density at radius 2 is 1.83 bits per heavy atom. The lowest BCUT2D eigenvalue weighted by Gasteiger charge is -2.09. The number of para-hydroxylation sites is 1. The highest BCUT2D eigenvalue weighted by atomic mass is 16.5. The zero-order valence-electron chi connectivity index (χ0n) is 12.9. The van der Waals surface area contributed by atoms with Crippen LogP contribution in [0.5, 0.6) is 23.5 Å². The molecule has 0 aliphatic heterocycles. The molecule has 0 aliphatic carbocycles. The molecule has 8 nitrogen and oxygen atoms in total. The molecule has 0 aliphatic rings. The molecule has 120 valence electrons. The Morgan fingerprint density at radius 1 is 1.17 bits per heavy atom. The van der Waals surface area contributed by atoms with E-state index in [4.69, 9.17) is 14.2 Å². The van der Waals surface area contributed by atoms with Gasteiger partial charge in [-0.2, -0.15) is 15.1 Å². The summed E-state index contributed by atoms with van der Waals surface area (Å²) in [7, 11) is 2.97. The summed E-state index contributed by atoms with van der Waals surface area (Å²) >= 11 is 0. The number of amides is 1. The third-order valence-corrected chi connectivity index (χ3v) is 2.62. The summed E-state index contributed by atoms with van der Waals surface area (Å²) in [6.45, 7) is 1.37. The van der Waals surface area contributed by atoms with Gasteiger partial charge >= 0.3 is 6.01 Å². The highest BCUT2D eigenvalue weighted by Crippen LogP contribution is 2.25. The minimum Gasteiger partial charge on any atom is -0.481 e. The molecule has 8 heteroatoms. The van der Waals surface area contributed by atoms with Gasteiger partial charge in [-0.05, 0) is 12.1 Å². The third-order valence-electron chi connectivity index (χ3n) is 2.62. The maximum absolute atomic E-state index is 10.8. The molecule has 1 N–H and O–H groups in total. The molecular weight excluding hydrogens is 300 g/mol. The van der Waals surface area contributed by atoms with Crippen molar-refractivity contribution in [2.75, 3.05) is 14.2 Å². The van der Waals surface area contributed by atoms with Crippen LogP contribution >= 0.6 is 0 Å². The van der Waals surface area contributed by atoms with E-state index in [9.17, 15) is 4.79 Å². The molecule has 0 radical (unpaired) electrons. The van der Waals surface area contributed by atoms with Crippen molar-refractivity contribution in [3.63, 3.8) is 0 Å². The van der Waals surface area contributed by atoms with Gasteiger partial charge in [-0.25, -0.2) is 5.43 Å². The van der Waals surface area contributed by atoms with Crippen molar-refractivity contribution in [3.8, 4) is 23.5 Å². The number of carbonyl (C=O) groups excluding carboxylic acids is 1. The number of ether oxygens (including phenoxy) is 3. The Bertz CT molecular complexity index is 696. The molecule has 0 atom stereocenters. The summed E-state index contributed by atoms with van der Waals surface area (Å²) in [4.78, 5) is 19.0. The van der Waals surface area contributed by atoms with Gasteiger partial charge in [-0.1, -0.05) is 12.1 Å². The van der Waals surface area contributed by atoms with Crippen LogP contribution in [0, 0.1) is 0 Å². The van der Waals surface area contributed by atoms with E-state index >= 15 is 0 Å². The number of hydrazone groups is 1. The number of hydrogen-bond donors (Lipinski definition) is 1. The number of benzene rings is 1. The predicted octanol–water partition coefficient (Wildman–Crippen LogP) is 1.76. The molecule has 1 heterocycles. The van der Waals surface area contributed by atoms with Crippen LogP contribution in [0.15, 0.2) is 35.4 Å². The van der Waals surface area contributed by atoms with Gasteiger partial charge in [0.1, 0.15) is 5.75 Å². The minimum absolute atomic E-state index is 0.0709. The fourth-order valence-electron chi connectivity index (χ4n) is 1.61. The Morgan fingerprint density at radius 3 is 2.43 bits per heavy atom. The zero-order chi connectivity index (χ0) is 16.7. The molecule has 0 unspecified atom stereocenters.